The molecule has 3 aromatic rings. The summed E-state index contributed by atoms with van der Waals surface area (Å²) in [5, 5.41) is 14.8. The number of rotatable bonds is 9. The lowest BCUT2D eigenvalue weighted by molar-refractivity contribution is -0.316. The smallest absolute Gasteiger partial charge is 0.131 e. The van der Waals surface area contributed by atoms with Crippen molar-refractivity contribution in [2.45, 2.75) is 33.0 Å². The molecule has 0 saturated heterocycles. The summed E-state index contributed by atoms with van der Waals surface area (Å²) in [6.07, 6.45) is -0.689. The van der Waals surface area contributed by atoms with Crippen molar-refractivity contribution in [2.24, 2.45) is 0 Å². The second-order valence-corrected chi connectivity index (χ2v) is 7.79. The molecule has 2 aromatic carbocycles. The van der Waals surface area contributed by atoms with E-state index in [9.17, 15) is 9.90 Å². The quantitative estimate of drug-likeness (QED) is 0.512. The number of aliphatic carboxylic acids is 1. The minimum Gasteiger partial charge on any atom is -0.547 e. The molecule has 0 aliphatic heterocycles. The van der Waals surface area contributed by atoms with Crippen LogP contribution in [0.1, 0.15) is 23.7 Å². The van der Waals surface area contributed by atoms with Gasteiger partial charge in [-0.15, -0.1) is 11.3 Å². The molecule has 152 valence electrons. The van der Waals surface area contributed by atoms with Crippen LogP contribution in [0.5, 0.6) is 5.75 Å². The monoisotopic (exact) mass is 430 g/mol. The molecule has 1 heterocycles. The summed E-state index contributed by atoms with van der Waals surface area (Å²) in [5.74, 6) is -0.500. The van der Waals surface area contributed by atoms with Crippen LogP contribution in [0.2, 0.25) is 5.02 Å². The van der Waals surface area contributed by atoms with Crippen molar-refractivity contribution in [3.05, 3.63) is 69.7 Å². The third-order valence-corrected chi connectivity index (χ3v) is 5.57. The van der Waals surface area contributed by atoms with E-state index in [1.807, 2.05) is 54.8 Å². The lowest BCUT2D eigenvalue weighted by atomic mass is 10.0. The number of thiazole rings is 1. The lowest BCUT2D eigenvalue weighted by Gasteiger charge is -2.19. The van der Waals surface area contributed by atoms with E-state index in [-0.39, 0.29) is 6.42 Å². The highest BCUT2D eigenvalue weighted by Gasteiger charge is 2.13. The first kappa shape index (κ1) is 21.3. The molecule has 0 radical (unpaired) electrons. The summed E-state index contributed by atoms with van der Waals surface area (Å²) in [5.41, 5.74) is 3.69. The Balaban J connectivity index is 1.62. The Morgan fingerprint density at radius 3 is 2.66 bits per heavy atom. The molecule has 0 spiro atoms. The highest BCUT2D eigenvalue weighted by atomic mass is 35.5. The Kier molecular flexibility index (Phi) is 7.25. The van der Waals surface area contributed by atoms with Gasteiger partial charge in [0, 0.05) is 29.0 Å². The van der Waals surface area contributed by atoms with Crippen LogP contribution in [-0.4, -0.2) is 23.7 Å². The number of aromatic nitrogens is 1. The molecule has 0 aliphatic carbocycles. The summed E-state index contributed by atoms with van der Waals surface area (Å²) in [6, 6.07) is 13.1. The van der Waals surface area contributed by atoms with E-state index in [1.165, 1.54) is 0 Å². The van der Waals surface area contributed by atoms with E-state index in [1.54, 1.807) is 18.3 Å². The summed E-state index contributed by atoms with van der Waals surface area (Å²) in [4.78, 5) is 15.8. The number of halogens is 1. The number of carboxylic acid groups (broad SMARTS) is 1. The van der Waals surface area contributed by atoms with Crippen molar-refractivity contribution in [3.63, 3.8) is 0 Å². The van der Waals surface area contributed by atoms with Gasteiger partial charge in [0.1, 0.15) is 23.5 Å². The number of aryl methyl sites for hydroxylation is 1. The van der Waals surface area contributed by atoms with Gasteiger partial charge in [0.2, 0.25) is 0 Å². The van der Waals surface area contributed by atoms with Gasteiger partial charge in [-0.3, -0.25) is 0 Å². The molecule has 0 bridgehead atoms. The Labute approximate surface area is 178 Å². The van der Waals surface area contributed by atoms with Crippen LogP contribution in [0.15, 0.2) is 47.8 Å². The van der Waals surface area contributed by atoms with Gasteiger partial charge in [-0.1, -0.05) is 29.8 Å². The van der Waals surface area contributed by atoms with Gasteiger partial charge in [0.05, 0.1) is 11.7 Å². The molecule has 1 atom stereocenters. The Morgan fingerprint density at radius 1 is 1.24 bits per heavy atom. The summed E-state index contributed by atoms with van der Waals surface area (Å²) < 4.78 is 11.1. The topological polar surface area (TPSA) is 71.5 Å². The Bertz CT molecular complexity index is 971. The minimum absolute atomic E-state index is 0.263. The van der Waals surface area contributed by atoms with E-state index >= 15 is 0 Å². The SMILES string of the molecule is CCO[C@@H](Cc1ccc(OCc2csc(-c3ccc(Cl)cc3)n2)cc1C)C(=O)[O-]. The van der Waals surface area contributed by atoms with Crippen molar-refractivity contribution in [2.75, 3.05) is 6.61 Å². The van der Waals surface area contributed by atoms with Gasteiger partial charge in [-0.25, -0.2) is 4.98 Å². The molecule has 29 heavy (non-hydrogen) atoms. The van der Waals surface area contributed by atoms with Crippen LogP contribution in [0.3, 0.4) is 0 Å². The van der Waals surface area contributed by atoms with Gasteiger partial charge >= 0.3 is 0 Å². The van der Waals surface area contributed by atoms with E-state index < -0.39 is 12.1 Å². The van der Waals surface area contributed by atoms with Crippen LogP contribution in [-0.2, 0) is 22.6 Å². The first-order valence-electron chi connectivity index (χ1n) is 9.21. The molecule has 0 amide bonds. The number of nitrogens with zero attached hydrogens (tertiary/aromatic N) is 1. The first-order chi connectivity index (χ1) is 14.0. The molecule has 0 unspecified atom stereocenters. The number of hydrogen-bond donors (Lipinski definition) is 0. The van der Waals surface area contributed by atoms with Crippen LogP contribution in [0.4, 0.5) is 0 Å². The maximum Gasteiger partial charge on any atom is 0.131 e. The van der Waals surface area contributed by atoms with Gasteiger partial charge in [-0.2, -0.15) is 0 Å². The van der Waals surface area contributed by atoms with Crippen molar-refractivity contribution < 1.29 is 19.4 Å². The zero-order chi connectivity index (χ0) is 20.8. The van der Waals surface area contributed by atoms with Gasteiger partial charge < -0.3 is 19.4 Å². The molecule has 3 rings (SSSR count). The summed E-state index contributed by atoms with van der Waals surface area (Å²) in [6.45, 7) is 4.35. The molecule has 0 aliphatic rings. The number of ether oxygens (including phenoxy) is 2. The van der Waals surface area contributed by atoms with Crippen molar-refractivity contribution in [1.82, 2.24) is 4.98 Å². The predicted molar refractivity (Wildman–Crippen MR) is 112 cm³/mol. The average Bonchev–Trinajstić information content (AvgIpc) is 3.17. The highest BCUT2D eigenvalue weighted by Crippen LogP contribution is 2.26. The standard InChI is InChI=1S/C22H22ClNO4S/c1-3-27-20(22(25)26)11-16-6-9-19(10-14(16)2)28-12-18-13-29-21(24-18)15-4-7-17(23)8-5-15/h4-10,13,20H,3,11-12H2,1-2H3,(H,25,26)/p-1/t20-/m0/s1. The maximum absolute atomic E-state index is 11.2. The van der Waals surface area contributed by atoms with Crippen molar-refractivity contribution in [3.8, 4) is 16.3 Å². The fourth-order valence-corrected chi connectivity index (χ4v) is 3.79. The number of carbonyl (C=O) groups is 1. The highest BCUT2D eigenvalue weighted by molar-refractivity contribution is 7.13. The molecule has 1 aromatic heterocycles. The fraction of sp³-hybridized carbons (Fsp3) is 0.273. The van der Waals surface area contributed by atoms with E-state index in [0.717, 1.165) is 27.4 Å². The number of hydrogen-bond acceptors (Lipinski definition) is 6. The van der Waals surface area contributed by atoms with Crippen LogP contribution >= 0.6 is 22.9 Å². The maximum atomic E-state index is 11.2. The van der Waals surface area contributed by atoms with Gasteiger partial charge in [0.15, 0.2) is 0 Å². The third-order valence-electron chi connectivity index (χ3n) is 4.38. The first-order valence-corrected chi connectivity index (χ1v) is 10.5. The normalized spacial score (nSPS) is 12.0. The molecule has 7 heteroatoms. The lowest BCUT2D eigenvalue weighted by Crippen LogP contribution is -2.39. The minimum atomic E-state index is -1.20. The number of carboxylic acids is 1. The Hall–Kier alpha value is -2.41. The van der Waals surface area contributed by atoms with Crippen molar-refractivity contribution in [1.29, 1.82) is 0 Å². The zero-order valence-corrected chi connectivity index (χ0v) is 17.8. The molecular formula is C22H21ClNO4S-. The van der Waals surface area contributed by atoms with Crippen LogP contribution in [0.25, 0.3) is 10.6 Å². The largest absolute Gasteiger partial charge is 0.547 e. The van der Waals surface area contributed by atoms with E-state index in [0.29, 0.717) is 24.0 Å². The average molecular weight is 431 g/mol. The number of carbonyl (C=O) groups excluding carboxylic acids is 1. The molecule has 5 nitrogen and oxygen atoms in total. The van der Waals surface area contributed by atoms with Crippen LogP contribution < -0.4 is 9.84 Å². The van der Waals surface area contributed by atoms with Gasteiger partial charge in [-0.05, 0) is 49.2 Å². The second-order valence-electron chi connectivity index (χ2n) is 6.49. The van der Waals surface area contributed by atoms with Crippen molar-refractivity contribution >= 4 is 28.9 Å². The molecule has 0 saturated carbocycles. The second kappa shape index (κ2) is 9.87. The van der Waals surface area contributed by atoms with Crippen LogP contribution in [0, 0.1) is 6.92 Å². The number of benzene rings is 2. The summed E-state index contributed by atoms with van der Waals surface area (Å²) in [7, 11) is 0. The molecule has 0 fully saturated rings. The predicted octanol–water partition coefficient (Wildman–Crippen LogP) is 4.05. The molecule has 0 N–H and O–H groups in total. The Morgan fingerprint density at radius 2 is 2.00 bits per heavy atom. The van der Waals surface area contributed by atoms with E-state index in [2.05, 4.69) is 4.98 Å². The van der Waals surface area contributed by atoms with Gasteiger partial charge in [0.25, 0.3) is 0 Å². The molecular weight excluding hydrogens is 410 g/mol. The summed E-state index contributed by atoms with van der Waals surface area (Å²) >= 11 is 7.48. The van der Waals surface area contributed by atoms with E-state index in [4.69, 9.17) is 21.1 Å². The fourth-order valence-electron chi connectivity index (χ4n) is 2.85. The third kappa shape index (κ3) is 5.79. The zero-order valence-electron chi connectivity index (χ0n) is 16.2.